The Balaban J connectivity index is 2.48. The van der Waals surface area contributed by atoms with E-state index in [0.717, 1.165) is 10.7 Å². The van der Waals surface area contributed by atoms with E-state index in [9.17, 15) is 12.9 Å². The molecule has 86 valence electrons. The normalized spacial score (nSPS) is 12.0. The first kappa shape index (κ1) is 11.2. The first-order chi connectivity index (χ1) is 7.52. The first-order valence-corrected chi connectivity index (χ1v) is 5.58. The van der Waals surface area contributed by atoms with Gasteiger partial charge in [0.1, 0.15) is 10.7 Å². The van der Waals surface area contributed by atoms with Crippen LogP contribution >= 0.6 is 11.3 Å². The number of thiazole rings is 1. The number of nitrogens with zero attached hydrogens (tertiary/aromatic N) is 3. The Morgan fingerprint density at radius 1 is 1.44 bits per heavy atom. The molecule has 0 fully saturated rings. The van der Waals surface area contributed by atoms with Gasteiger partial charge in [-0.25, -0.2) is 4.98 Å². The quantitative estimate of drug-likeness (QED) is 0.776. The summed E-state index contributed by atoms with van der Waals surface area (Å²) in [6.07, 6.45) is 1.55. The smallest absolute Gasteiger partial charge is 0.444 e. The predicted octanol–water partition coefficient (Wildman–Crippen LogP) is 2.08. The Labute approximate surface area is 94.0 Å². The molecule has 2 heterocycles. The van der Waals surface area contributed by atoms with Gasteiger partial charge in [0, 0.05) is 18.1 Å². The second kappa shape index (κ2) is 3.93. The van der Waals surface area contributed by atoms with Crippen molar-refractivity contribution >= 4 is 23.9 Å². The van der Waals surface area contributed by atoms with Gasteiger partial charge in [0.05, 0.1) is 0 Å². The van der Waals surface area contributed by atoms with E-state index in [-0.39, 0.29) is 12.2 Å². The molecule has 0 aliphatic rings. The number of rotatable bonds is 3. The minimum absolute atomic E-state index is 0.196. The third-order valence-electron chi connectivity index (χ3n) is 2.10. The maximum absolute atomic E-state index is 12.7. The van der Waals surface area contributed by atoms with E-state index in [1.165, 1.54) is 11.3 Å². The molecule has 0 atom stereocenters. The third kappa shape index (κ3) is 1.97. The monoisotopic (exact) mass is 246 g/mol. The summed E-state index contributed by atoms with van der Waals surface area (Å²) >= 11 is 1.27. The molecule has 0 radical (unpaired) electrons. The molecule has 0 saturated carbocycles. The summed E-state index contributed by atoms with van der Waals surface area (Å²) < 4.78 is 39.0. The molecule has 0 saturated heterocycles. The van der Waals surface area contributed by atoms with Gasteiger partial charge in [-0.3, -0.25) is 4.68 Å². The van der Waals surface area contributed by atoms with E-state index in [1.807, 2.05) is 0 Å². The lowest BCUT2D eigenvalue weighted by molar-refractivity contribution is 0.489. The van der Waals surface area contributed by atoms with Gasteiger partial charge in [-0.2, -0.15) is 5.10 Å². The summed E-state index contributed by atoms with van der Waals surface area (Å²) in [5.41, 5.74) is -0.390. The fourth-order valence-electron chi connectivity index (χ4n) is 1.40. The van der Waals surface area contributed by atoms with Crippen molar-refractivity contribution in [2.24, 2.45) is 0 Å². The minimum Gasteiger partial charge on any atom is -0.444 e. The third-order valence-corrected chi connectivity index (χ3v) is 2.89. The van der Waals surface area contributed by atoms with Crippen molar-refractivity contribution < 1.29 is 12.9 Å². The van der Waals surface area contributed by atoms with Crippen molar-refractivity contribution in [1.82, 2.24) is 14.8 Å². The number of halogens is 3. The molecule has 0 unspecified atom stereocenters. The average molecular weight is 246 g/mol. The van der Waals surface area contributed by atoms with Gasteiger partial charge in [-0.1, -0.05) is 0 Å². The van der Waals surface area contributed by atoms with Crippen LogP contribution in [-0.4, -0.2) is 21.7 Å². The van der Waals surface area contributed by atoms with Gasteiger partial charge < -0.3 is 12.9 Å². The van der Waals surface area contributed by atoms with Crippen LogP contribution in [0.4, 0.5) is 12.9 Å². The molecule has 0 aromatic carbocycles. The summed E-state index contributed by atoms with van der Waals surface area (Å²) in [4.78, 5) is 3.94. The molecule has 3 nitrogen and oxygen atoms in total. The van der Waals surface area contributed by atoms with Crippen LogP contribution in [0.2, 0.25) is 0 Å². The molecule has 0 aliphatic heterocycles. The first-order valence-electron chi connectivity index (χ1n) is 4.70. The number of hydrogen-bond donors (Lipinski definition) is 0. The highest BCUT2D eigenvalue weighted by Gasteiger charge is 2.30. The summed E-state index contributed by atoms with van der Waals surface area (Å²) in [5, 5.41) is 6.11. The van der Waals surface area contributed by atoms with Crippen molar-refractivity contribution in [3.05, 3.63) is 17.6 Å². The summed E-state index contributed by atoms with van der Waals surface area (Å²) in [6.45, 7) is -3.20. The molecule has 16 heavy (non-hydrogen) atoms. The van der Waals surface area contributed by atoms with Gasteiger partial charge in [0.25, 0.3) is 0 Å². The van der Waals surface area contributed by atoms with E-state index < -0.39 is 12.6 Å². The zero-order valence-corrected chi connectivity index (χ0v) is 9.22. The lowest BCUT2D eigenvalue weighted by atomic mass is 9.86. The summed E-state index contributed by atoms with van der Waals surface area (Å²) in [5.74, 6) is 0. The molecule has 0 spiro atoms. The van der Waals surface area contributed by atoms with E-state index in [4.69, 9.17) is 0 Å². The largest absolute Gasteiger partial charge is 0.527 e. The fraction of sp³-hybridized carbons (Fsp3) is 0.250. The van der Waals surface area contributed by atoms with Crippen LogP contribution in [0.15, 0.2) is 17.6 Å². The molecule has 0 N–H and O–H groups in total. The van der Waals surface area contributed by atoms with Gasteiger partial charge >= 0.3 is 6.98 Å². The fourth-order valence-corrected chi connectivity index (χ4v) is 2.00. The topological polar surface area (TPSA) is 30.7 Å². The standard InChI is InChI=1S/C8H8BF3N3S/c1-2-15-7(9(10,11)12)5-6(14-15)8-13-3-4-16-8/h3-5H,2H2,1H3/q-1. The number of hydrogen-bond acceptors (Lipinski definition) is 3. The van der Waals surface area contributed by atoms with Crippen LogP contribution in [0.25, 0.3) is 10.7 Å². The lowest BCUT2D eigenvalue weighted by Crippen LogP contribution is -2.40. The second-order valence-electron chi connectivity index (χ2n) is 3.18. The van der Waals surface area contributed by atoms with Crippen LogP contribution in [0, 0.1) is 0 Å². The summed E-state index contributed by atoms with van der Waals surface area (Å²) in [7, 11) is 0. The minimum atomic E-state index is -5.02. The van der Waals surface area contributed by atoms with E-state index >= 15 is 0 Å². The summed E-state index contributed by atoms with van der Waals surface area (Å²) in [6, 6.07) is 1.06. The Morgan fingerprint density at radius 2 is 2.19 bits per heavy atom. The predicted molar refractivity (Wildman–Crippen MR) is 57.7 cm³/mol. The maximum Gasteiger partial charge on any atom is 0.527 e. The zero-order chi connectivity index (χ0) is 11.8. The molecule has 2 aromatic rings. The molecule has 8 heteroatoms. The van der Waals surface area contributed by atoms with Crippen molar-refractivity contribution in [1.29, 1.82) is 0 Å². The molecule has 0 aliphatic carbocycles. The molecule has 2 rings (SSSR count). The highest BCUT2D eigenvalue weighted by molar-refractivity contribution is 7.13. The molecular weight excluding hydrogens is 238 g/mol. The van der Waals surface area contributed by atoms with Crippen molar-refractivity contribution in [2.45, 2.75) is 13.5 Å². The van der Waals surface area contributed by atoms with Crippen LogP contribution in [0.5, 0.6) is 0 Å². The van der Waals surface area contributed by atoms with Crippen molar-refractivity contribution in [3.63, 3.8) is 0 Å². The number of aromatic nitrogens is 3. The Hall–Kier alpha value is -1.31. The van der Waals surface area contributed by atoms with Crippen LogP contribution in [0.3, 0.4) is 0 Å². The Morgan fingerprint density at radius 3 is 2.62 bits per heavy atom. The highest BCUT2D eigenvalue weighted by Crippen LogP contribution is 2.20. The van der Waals surface area contributed by atoms with E-state index in [2.05, 4.69) is 10.1 Å². The van der Waals surface area contributed by atoms with Gasteiger partial charge in [0.2, 0.25) is 0 Å². The van der Waals surface area contributed by atoms with E-state index in [1.54, 1.807) is 18.5 Å². The Bertz CT molecular complexity index is 477. The molecule has 0 amide bonds. The molecule has 2 aromatic heterocycles. The van der Waals surface area contributed by atoms with Gasteiger partial charge in [-0.05, 0) is 18.6 Å². The molecular formula is C8H8BF3N3S-. The highest BCUT2D eigenvalue weighted by atomic mass is 32.1. The average Bonchev–Trinajstić information content (AvgIpc) is 2.85. The lowest BCUT2D eigenvalue weighted by Gasteiger charge is -2.15. The zero-order valence-electron chi connectivity index (χ0n) is 8.40. The van der Waals surface area contributed by atoms with Crippen LogP contribution in [-0.2, 0) is 6.54 Å². The molecule has 0 bridgehead atoms. The van der Waals surface area contributed by atoms with Gasteiger partial charge in [-0.15, -0.1) is 11.3 Å². The van der Waals surface area contributed by atoms with Gasteiger partial charge in [0.15, 0.2) is 0 Å². The second-order valence-corrected chi connectivity index (χ2v) is 4.08. The van der Waals surface area contributed by atoms with Crippen molar-refractivity contribution in [3.8, 4) is 10.7 Å². The van der Waals surface area contributed by atoms with E-state index in [0.29, 0.717) is 5.01 Å². The maximum atomic E-state index is 12.7. The van der Waals surface area contributed by atoms with Crippen LogP contribution < -0.4 is 5.59 Å². The SMILES string of the molecule is CCn1nc(-c2nccs2)cc1[B-](F)(F)F. The van der Waals surface area contributed by atoms with Crippen molar-refractivity contribution in [2.75, 3.05) is 0 Å². The number of aryl methyl sites for hydroxylation is 1. The Kier molecular flexibility index (Phi) is 2.75. The van der Waals surface area contributed by atoms with Crippen LogP contribution in [0.1, 0.15) is 6.92 Å².